The van der Waals surface area contributed by atoms with Gasteiger partial charge in [0.25, 0.3) is 0 Å². The van der Waals surface area contributed by atoms with Gasteiger partial charge in [0.15, 0.2) is 0 Å². The zero-order valence-electron chi connectivity index (χ0n) is 38.5. The summed E-state index contributed by atoms with van der Waals surface area (Å²) in [6.07, 6.45) is 0.825. The average molecular weight is 930 g/mol. The normalized spacial score (nSPS) is 10.1. The van der Waals surface area contributed by atoms with Crippen molar-refractivity contribution in [3.8, 4) is 22.6 Å². The van der Waals surface area contributed by atoms with Crippen LogP contribution >= 0.6 is 0 Å². The van der Waals surface area contributed by atoms with Crippen LogP contribution in [0.15, 0.2) is 176 Å². The number of ether oxygens (including phenoxy) is 2. The molecular formula is C58H64NO4Zr+. The Hall–Kier alpha value is -6.10. The second-order valence-corrected chi connectivity index (χ2v) is 15.9. The zero-order chi connectivity index (χ0) is 45.6. The smallest absolute Gasteiger partial charge is 0.506 e. The molecule has 0 radical (unpaired) electrons. The molecule has 0 bridgehead atoms. The number of nitrogens with zero attached hydrogens (tertiary/aromatic N) is 1. The van der Waals surface area contributed by atoms with Crippen molar-refractivity contribution >= 4 is 11.7 Å². The van der Waals surface area contributed by atoms with Gasteiger partial charge in [0.05, 0.1) is 6.61 Å². The van der Waals surface area contributed by atoms with E-state index in [-0.39, 0.29) is 44.1 Å². The van der Waals surface area contributed by atoms with Crippen molar-refractivity contribution in [2.75, 3.05) is 25.1 Å². The second kappa shape index (κ2) is 27.9. The molecule has 0 fully saturated rings. The van der Waals surface area contributed by atoms with E-state index in [4.69, 9.17) is 9.47 Å². The van der Waals surface area contributed by atoms with Crippen molar-refractivity contribution in [3.63, 3.8) is 0 Å². The van der Waals surface area contributed by atoms with E-state index < -0.39 is 5.97 Å². The number of hydrogen-bond donors (Lipinski definition) is 1. The van der Waals surface area contributed by atoms with Crippen LogP contribution in [0.2, 0.25) is 0 Å². The summed E-state index contributed by atoms with van der Waals surface area (Å²) >= 11 is 0. The first-order chi connectivity index (χ1) is 30.3. The molecule has 64 heavy (non-hydrogen) atoms. The van der Waals surface area contributed by atoms with Crippen LogP contribution in [0, 0.1) is 27.7 Å². The van der Waals surface area contributed by atoms with Gasteiger partial charge in [-0.15, -0.1) is 36.4 Å². The molecule has 0 atom stereocenters. The van der Waals surface area contributed by atoms with Crippen LogP contribution < -0.4 is 9.64 Å². The quantitative estimate of drug-likeness (QED) is 0.0751. The van der Waals surface area contributed by atoms with Gasteiger partial charge in [-0.2, -0.15) is 73.9 Å². The van der Waals surface area contributed by atoms with Crippen LogP contribution in [-0.4, -0.2) is 31.3 Å². The summed E-state index contributed by atoms with van der Waals surface area (Å²) in [5.41, 5.74) is 10.6. The molecule has 7 rings (SSSR count). The predicted molar refractivity (Wildman–Crippen MR) is 265 cm³/mol. The van der Waals surface area contributed by atoms with E-state index in [1.54, 1.807) is 18.2 Å². The van der Waals surface area contributed by atoms with E-state index in [9.17, 15) is 9.90 Å². The first kappa shape index (κ1) is 52.2. The number of rotatable bonds is 12. The minimum atomic E-state index is -0.571. The molecule has 1 N–H and O–H groups in total. The summed E-state index contributed by atoms with van der Waals surface area (Å²) in [4.78, 5) is 15.2. The summed E-state index contributed by atoms with van der Waals surface area (Å²) in [7, 11) is 2.16. The summed E-state index contributed by atoms with van der Waals surface area (Å²) in [6, 6.07) is 56.8. The van der Waals surface area contributed by atoms with E-state index in [2.05, 4.69) is 78.6 Å². The number of carbonyl (C=O) groups is 1. The number of para-hydroxylation sites is 2. The van der Waals surface area contributed by atoms with Crippen molar-refractivity contribution in [1.29, 1.82) is 0 Å². The van der Waals surface area contributed by atoms with Gasteiger partial charge in [-0.25, -0.2) is 4.79 Å². The molecule has 0 aromatic heterocycles. The van der Waals surface area contributed by atoms with Gasteiger partial charge in [0.2, 0.25) is 0 Å². The molecule has 0 amide bonds. The Kier molecular flexibility index (Phi) is 22.7. The molecule has 0 unspecified atom stereocenters. The fraction of sp³-hybridized carbons (Fsp3) is 0.207. The number of hydrogen-bond acceptors (Lipinski definition) is 5. The molecule has 0 saturated heterocycles. The zero-order valence-corrected chi connectivity index (χ0v) is 40.9. The first-order valence-electron chi connectivity index (χ1n) is 21.6. The van der Waals surface area contributed by atoms with Crippen LogP contribution in [0.5, 0.6) is 11.5 Å². The fourth-order valence-corrected chi connectivity index (χ4v) is 6.69. The van der Waals surface area contributed by atoms with Crippen molar-refractivity contribution in [2.24, 2.45) is 0 Å². The van der Waals surface area contributed by atoms with Crippen LogP contribution in [0.25, 0.3) is 11.1 Å². The van der Waals surface area contributed by atoms with E-state index in [1.807, 2.05) is 146 Å². The third-order valence-corrected chi connectivity index (χ3v) is 10.0. The minimum absolute atomic E-state index is 0. The minimum Gasteiger partial charge on any atom is -0.506 e. The Morgan fingerprint density at radius 2 is 1.08 bits per heavy atom. The Labute approximate surface area is 403 Å². The molecule has 0 spiro atoms. The van der Waals surface area contributed by atoms with Gasteiger partial charge in [-0.3, -0.25) is 0 Å². The van der Waals surface area contributed by atoms with Crippen molar-refractivity contribution in [3.05, 3.63) is 241 Å². The third kappa shape index (κ3) is 17.2. The number of esters is 1. The molecule has 0 heterocycles. The van der Waals surface area contributed by atoms with Crippen molar-refractivity contribution < 1.29 is 45.6 Å². The molecule has 0 saturated carbocycles. The van der Waals surface area contributed by atoms with Gasteiger partial charge in [0, 0.05) is 30.4 Å². The maximum Gasteiger partial charge on any atom is 4.00 e. The molecule has 7 aromatic rings. The number of benzene rings is 7. The Balaban J connectivity index is 0.000000398. The Morgan fingerprint density at radius 3 is 1.53 bits per heavy atom. The summed E-state index contributed by atoms with van der Waals surface area (Å²) < 4.78 is 11.8. The number of aromatic hydroxyl groups is 1. The van der Waals surface area contributed by atoms with E-state index >= 15 is 0 Å². The van der Waals surface area contributed by atoms with Gasteiger partial charge in [-0.05, 0) is 60.1 Å². The summed E-state index contributed by atoms with van der Waals surface area (Å²) in [5, 5.41) is 11.2. The van der Waals surface area contributed by atoms with E-state index in [0.717, 1.165) is 46.3 Å². The van der Waals surface area contributed by atoms with Crippen molar-refractivity contribution in [2.45, 2.75) is 59.5 Å². The van der Waals surface area contributed by atoms with Crippen LogP contribution in [-0.2, 0) is 37.5 Å². The number of phenolic OH excluding ortho intramolecular Hbond substituents is 1. The SMILES string of the molecule is Cc1ccc(OCCCN(C)c2c(C(C)C)cccc2C(C)C)c(-c2cccc(C(=O)OCc3ccccc3)c2O)c1.[CH2-]c1ccccc1.[CH2-]c1ccccc1.[CH2-]c1ccccc1.[Zr+4]. The Bertz CT molecular complexity index is 2270. The maximum atomic E-state index is 12.9. The van der Waals surface area contributed by atoms with Gasteiger partial charge < -0.3 is 19.5 Å². The molecule has 5 nitrogen and oxygen atoms in total. The second-order valence-electron chi connectivity index (χ2n) is 15.9. The number of anilines is 1. The van der Waals surface area contributed by atoms with Crippen LogP contribution in [0.3, 0.4) is 0 Å². The topological polar surface area (TPSA) is 59.0 Å². The number of phenols is 1. The Morgan fingerprint density at radius 1 is 0.609 bits per heavy atom. The molecule has 6 heteroatoms. The van der Waals surface area contributed by atoms with Crippen LogP contribution in [0.1, 0.15) is 95.3 Å². The number of aryl methyl sites for hydroxylation is 1. The monoisotopic (exact) mass is 928 g/mol. The largest absolute Gasteiger partial charge is 4.00 e. The van der Waals surface area contributed by atoms with Crippen LogP contribution in [0.4, 0.5) is 5.69 Å². The number of carbonyl (C=O) groups excluding carboxylic acids is 1. The third-order valence-electron chi connectivity index (χ3n) is 10.0. The van der Waals surface area contributed by atoms with Gasteiger partial charge in [0.1, 0.15) is 23.7 Å². The summed E-state index contributed by atoms with van der Waals surface area (Å²) in [6.45, 7) is 23.6. The van der Waals surface area contributed by atoms with Gasteiger partial charge >= 0.3 is 32.2 Å². The molecule has 0 aliphatic carbocycles. The molecule has 328 valence electrons. The predicted octanol–water partition coefficient (Wildman–Crippen LogP) is 14.5. The average Bonchev–Trinajstić information content (AvgIpc) is 3.29. The van der Waals surface area contributed by atoms with Crippen molar-refractivity contribution in [1.82, 2.24) is 0 Å². The fourth-order valence-electron chi connectivity index (χ4n) is 6.69. The molecule has 7 aromatic carbocycles. The van der Waals surface area contributed by atoms with Gasteiger partial charge in [-0.1, -0.05) is 118 Å². The standard InChI is InChI=1S/C37H43NO4.3C7H7.Zr/c1-25(2)29-15-10-16-30(26(3)4)35(29)38(6)21-12-22-41-34-20-19-27(5)23-33(34)31-17-11-18-32(36(31)39)37(40)42-24-28-13-8-7-9-14-28;3*1-7-5-3-2-4-6-7;/h7-11,13-20,23,25-26,39H,12,21-22,24H2,1-6H3;3*2-6H,1H2;/q;3*-1;+4. The molecule has 0 aliphatic heterocycles. The first-order valence-corrected chi connectivity index (χ1v) is 21.6. The van der Waals surface area contributed by atoms with E-state index in [0.29, 0.717) is 29.8 Å². The summed E-state index contributed by atoms with van der Waals surface area (Å²) in [5.74, 6) is 0.855. The van der Waals surface area contributed by atoms with E-state index in [1.165, 1.54) is 16.8 Å². The molecule has 0 aliphatic rings. The maximum absolute atomic E-state index is 12.9. The molecular weight excluding hydrogens is 866 g/mol.